The summed E-state index contributed by atoms with van der Waals surface area (Å²) in [6.45, 7) is 12.2. The number of fused-ring (bicyclic) bond motifs is 2. The van der Waals surface area contributed by atoms with Crippen molar-refractivity contribution in [3.8, 4) is 23.0 Å². The Balaban J connectivity index is 2.39. The molecule has 1 aromatic heterocycles. The van der Waals surface area contributed by atoms with E-state index in [1.165, 1.54) is 13.2 Å². The predicted molar refractivity (Wildman–Crippen MR) is 147 cm³/mol. The van der Waals surface area contributed by atoms with Gasteiger partial charge in [0, 0.05) is 43.4 Å². The van der Waals surface area contributed by atoms with Crippen LogP contribution in [0.5, 0.6) is 23.0 Å². The molecule has 0 atom stereocenters. The van der Waals surface area contributed by atoms with E-state index in [0.29, 0.717) is 42.7 Å². The van der Waals surface area contributed by atoms with Gasteiger partial charge in [-0.2, -0.15) is 0 Å². The number of allylic oxidation sites excluding steroid dienone is 4. The summed E-state index contributed by atoms with van der Waals surface area (Å²) in [6, 6.07) is 3.02. The summed E-state index contributed by atoms with van der Waals surface area (Å²) in [5.41, 5.74) is 2.50. The van der Waals surface area contributed by atoms with Crippen LogP contribution in [-0.4, -0.2) is 36.6 Å². The average Bonchev–Trinajstić information content (AvgIpc) is 2.80. The van der Waals surface area contributed by atoms with Gasteiger partial charge < -0.3 is 28.8 Å². The van der Waals surface area contributed by atoms with E-state index in [9.17, 15) is 15.0 Å². The van der Waals surface area contributed by atoms with E-state index in [0.717, 1.165) is 11.1 Å². The summed E-state index contributed by atoms with van der Waals surface area (Å²) in [7, 11) is 3.08. The van der Waals surface area contributed by atoms with Crippen LogP contribution in [0.4, 0.5) is 0 Å². The van der Waals surface area contributed by atoms with E-state index in [2.05, 4.69) is 0 Å². The van der Waals surface area contributed by atoms with Crippen LogP contribution in [0.3, 0.4) is 0 Å². The molecule has 0 saturated carbocycles. The fraction of sp³-hybridized carbons (Fsp3) is 0.433. The Morgan fingerprint density at radius 2 is 1.54 bits per heavy atom. The first-order valence-corrected chi connectivity index (χ1v) is 12.4. The maximum absolute atomic E-state index is 13.9. The molecule has 200 valence electrons. The molecule has 0 aliphatic rings. The van der Waals surface area contributed by atoms with E-state index in [1.54, 1.807) is 13.2 Å². The molecule has 0 saturated heterocycles. The fourth-order valence-corrected chi connectivity index (χ4v) is 4.23. The Morgan fingerprint density at radius 1 is 0.946 bits per heavy atom. The number of methoxy groups -OCH3 is 2. The van der Waals surface area contributed by atoms with E-state index in [4.69, 9.17) is 18.6 Å². The summed E-state index contributed by atoms with van der Waals surface area (Å²) in [6.07, 6.45) is 5.26. The van der Waals surface area contributed by atoms with Crippen molar-refractivity contribution in [2.75, 3.05) is 20.8 Å². The summed E-state index contributed by atoms with van der Waals surface area (Å²) in [5, 5.41) is 22.4. The molecular weight excluding hydrogens is 472 g/mol. The summed E-state index contributed by atoms with van der Waals surface area (Å²) < 4.78 is 23.2. The SMILES string of the molecule is COCCC(C)(C)Oc1cc2oc3cc(O)c(OC)c(CC=C(C)C)c3c(=O)c2c(O)c1CC=C(C)C. The van der Waals surface area contributed by atoms with Crippen molar-refractivity contribution in [3.05, 3.63) is 56.8 Å². The number of phenols is 2. The van der Waals surface area contributed by atoms with Crippen molar-refractivity contribution in [2.45, 2.75) is 66.4 Å². The second-order valence-corrected chi connectivity index (χ2v) is 10.4. The molecule has 3 aromatic rings. The Morgan fingerprint density at radius 3 is 2.11 bits per heavy atom. The molecule has 0 unspecified atom stereocenters. The molecule has 0 amide bonds. The van der Waals surface area contributed by atoms with Crippen molar-refractivity contribution in [3.63, 3.8) is 0 Å². The largest absolute Gasteiger partial charge is 0.507 e. The molecule has 0 aliphatic carbocycles. The van der Waals surface area contributed by atoms with Gasteiger partial charge in [0.25, 0.3) is 0 Å². The molecule has 0 bridgehead atoms. The first-order valence-electron chi connectivity index (χ1n) is 12.4. The Labute approximate surface area is 218 Å². The van der Waals surface area contributed by atoms with Crippen molar-refractivity contribution < 1.29 is 28.8 Å². The van der Waals surface area contributed by atoms with E-state index >= 15 is 0 Å². The maximum atomic E-state index is 13.9. The highest BCUT2D eigenvalue weighted by atomic mass is 16.5. The van der Waals surface area contributed by atoms with Crippen molar-refractivity contribution in [2.24, 2.45) is 0 Å². The number of phenolic OH excluding ortho intramolecular Hbond substituents is 2. The number of ether oxygens (including phenoxy) is 3. The zero-order valence-corrected chi connectivity index (χ0v) is 23.1. The van der Waals surface area contributed by atoms with Crippen LogP contribution >= 0.6 is 0 Å². The fourth-order valence-electron chi connectivity index (χ4n) is 4.23. The van der Waals surface area contributed by atoms with Crippen LogP contribution in [-0.2, 0) is 17.6 Å². The molecule has 0 radical (unpaired) electrons. The van der Waals surface area contributed by atoms with Crippen molar-refractivity contribution in [1.29, 1.82) is 0 Å². The predicted octanol–water partition coefficient (Wildman–Crippen LogP) is 6.58. The van der Waals surface area contributed by atoms with Gasteiger partial charge >= 0.3 is 0 Å². The molecule has 7 nitrogen and oxygen atoms in total. The Hall–Kier alpha value is -3.45. The van der Waals surface area contributed by atoms with Gasteiger partial charge in [-0.25, -0.2) is 0 Å². The lowest BCUT2D eigenvalue weighted by Crippen LogP contribution is -2.30. The zero-order valence-electron chi connectivity index (χ0n) is 23.1. The highest BCUT2D eigenvalue weighted by Gasteiger charge is 2.26. The minimum absolute atomic E-state index is 0.0675. The van der Waals surface area contributed by atoms with E-state index in [-0.39, 0.29) is 39.2 Å². The average molecular weight is 511 g/mol. The molecule has 0 aliphatic heterocycles. The van der Waals surface area contributed by atoms with E-state index in [1.807, 2.05) is 53.7 Å². The van der Waals surface area contributed by atoms with Gasteiger partial charge in [0.05, 0.1) is 12.5 Å². The van der Waals surface area contributed by atoms with Crippen LogP contribution in [0.25, 0.3) is 21.9 Å². The minimum Gasteiger partial charge on any atom is -0.507 e. The van der Waals surface area contributed by atoms with Crippen LogP contribution in [0, 0.1) is 0 Å². The van der Waals surface area contributed by atoms with Gasteiger partial charge in [-0.15, -0.1) is 0 Å². The van der Waals surface area contributed by atoms with Crippen molar-refractivity contribution in [1.82, 2.24) is 0 Å². The van der Waals surface area contributed by atoms with Crippen LogP contribution in [0.1, 0.15) is 59.1 Å². The lowest BCUT2D eigenvalue weighted by atomic mass is 9.98. The van der Waals surface area contributed by atoms with E-state index < -0.39 is 11.0 Å². The first kappa shape index (κ1) is 28.1. The Kier molecular flexibility index (Phi) is 8.59. The number of benzene rings is 2. The number of aromatic hydroxyl groups is 2. The molecule has 2 N–H and O–H groups in total. The molecule has 37 heavy (non-hydrogen) atoms. The lowest BCUT2D eigenvalue weighted by molar-refractivity contribution is 0.0621. The molecule has 3 rings (SSSR count). The van der Waals surface area contributed by atoms with Crippen LogP contribution in [0.2, 0.25) is 0 Å². The minimum atomic E-state index is -0.601. The summed E-state index contributed by atoms with van der Waals surface area (Å²) in [4.78, 5) is 13.9. The van der Waals surface area contributed by atoms with Gasteiger partial charge in [0.2, 0.25) is 5.43 Å². The first-order chi connectivity index (χ1) is 17.4. The van der Waals surface area contributed by atoms with Gasteiger partial charge in [0.15, 0.2) is 11.5 Å². The standard InChI is InChI=1S/C30H38O7/c1-17(2)9-11-19-22(37-30(5,6)13-14-34-7)16-24-26(27(19)32)28(33)25-20(12-10-18(3)4)29(35-8)21(31)15-23(25)36-24/h9-10,15-16,31-32H,11-14H2,1-8H3. The molecule has 7 heteroatoms. The van der Waals surface area contributed by atoms with Gasteiger partial charge in [-0.3, -0.25) is 4.79 Å². The molecule has 2 aromatic carbocycles. The lowest BCUT2D eigenvalue weighted by Gasteiger charge is -2.28. The summed E-state index contributed by atoms with van der Waals surface area (Å²) in [5.74, 6) is 0.328. The molecule has 0 fully saturated rings. The monoisotopic (exact) mass is 510 g/mol. The number of rotatable bonds is 10. The number of hydrogen-bond donors (Lipinski definition) is 2. The second-order valence-electron chi connectivity index (χ2n) is 10.4. The summed E-state index contributed by atoms with van der Waals surface area (Å²) >= 11 is 0. The zero-order chi connectivity index (χ0) is 27.5. The van der Waals surface area contributed by atoms with Crippen LogP contribution < -0.4 is 14.9 Å². The molecular formula is C30H38O7. The smallest absolute Gasteiger partial charge is 0.204 e. The third kappa shape index (κ3) is 6.10. The second kappa shape index (κ2) is 11.3. The maximum Gasteiger partial charge on any atom is 0.204 e. The van der Waals surface area contributed by atoms with Gasteiger partial charge in [-0.05, 0) is 54.4 Å². The van der Waals surface area contributed by atoms with Crippen molar-refractivity contribution >= 4 is 21.9 Å². The van der Waals surface area contributed by atoms with Gasteiger partial charge in [0.1, 0.15) is 33.7 Å². The van der Waals surface area contributed by atoms with Crippen LogP contribution in [0.15, 0.2) is 44.6 Å². The highest BCUT2D eigenvalue weighted by molar-refractivity contribution is 5.97. The normalized spacial score (nSPS) is 11.6. The quantitative estimate of drug-likeness (QED) is 0.235. The topological polar surface area (TPSA) is 98.4 Å². The highest BCUT2D eigenvalue weighted by Crippen LogP contribution is 2.42. The third-order valence-electron chi connectivity index (χ3n) is 6.25. The number of hydrogen-bond acceptors (Lipinski definition) is 7. The molecule has 1 heterocycles. The third-order valence-corrected chi connectivity index (χ3v) is 6.25. The molecule has 0 spiro atoms. The van der Waals surface area contributed by atoms with Gasteiger partial charge in [-0.1, -0.05) is 23.3 Å². The Bertz CT molecular complexity index is 1420.